The fourth-order valence-corrected chi connectivity index (χ4v) is 3.80. The summed E-state index contributed by atoms with van der Waals surface area (Å²) in [5, 5.41) is 0. The van der Waals surface area contributed by atoms with Gasteiger partial charge in [-0.2, -0.15) is 24.4 Å². The number of benzene rings is 2. The maximum Gasteiger partial charge on any atom is 0.194 e. The molecular weight excluding hydrogens is 284 g/mol. The molecule has 0 aromatic heterocycles. The van der Waals surface area contributed by atoms with Gasteiger partial charge < -0.3 is 0 Å². The van der Waals surface area contributed by atoms with Crippen molar-refractivity contribution in [3.8, 4) is 11.1 Å². The average molecular weight is 300 g/mol. The summed E-state index contributed by atoms with van der Waals surface area (Å²) in [7, 11) is 0. The number of thioether (sulfide) groups is 1. The van der Waals surface area contributed by atoms with Gasteiger partial charge in [-0.1, -0.05) is 36.4 Å². The second-order valence-corrected chi connectivity index (χ2v) is 6.44. The van der Waals surface area contributed by atoms with Gasteiger partial charge >= 0.3 is 0 Å². The van der Waals surface area contributed by atoms with Crippen molar-refractivity contribution in [1.82, 2.24) is 0 Å². The molecule has 102 valence electrons. The Labute approximate surface area is 129 Å². The first-order chi connectivity index (χ1) is 9.81. The molecule has 0 aliphatic heterocycles. The maximum atomic E-state index is 12.4. The molecule has 0 atom stereocenters. The molecule has 0 unspecified atom stereocenters. The highest BCUT2D eigenvalue weighted by Gasteiger charge is 2.25. The molecule has 0 bridgehead atoms. The summed E-state index contributed by atoms with van der Waals surface area (Å²) in [6.45, 7) is 0. The van der Waals surface area contributed by atoms with Crippen LogP contribution < -0.4 is 0 Å². The molecule has 3 heteroatoms. The molecule has 3 rings (SSSR count). The molecule has 0 saturated heterocycles. The van der Waals surface area contributed by atoms with Gasteiger partial charge in [-0.15, -0.1) is 0 Å². The van der Waals surface area contributed by atoms with Gasteiger partial charge in [0.25, 0.3) is 0 Å². The monoisotopic (exact) mass is 300 g/mol. The van der Waals surface area contributed by atoms with Crippen LogP contribution in [0.25, 0.3) is 11.1 Å². The van der Waals surface area contributed by atoms with Gasteiger partial charge in [0, 0.05) is 16.9 Å². The zero-order valence-corrected chi connectivity index (χ0v) is 12.8. The fourth-order valence-electron chi connectivity index (χ4n) is 2.52. The number of carbonyl (C=O) groups is 1. The van der Waals surface area contributed by atoms with Crippen LogP contribution in [0.15, 0.2) is 42.5 Å². The number of rotatable bonds is 5. The largest absolute Gasteiger partial charge is 0.289 e. The molecule has 0 fully saturated rings. The number of fused-ring (bicyclic) bond motifs is 3. The van der Waals surface area contributed by atoms with E-state index in [2.05, 4.69) is 30.8 Å². The van der Waals surface area contributed by atoms with Crippen LogP contribution in [0.4, 0.5) is 0 Å². The Balaban J connectivity index is 1.83. The van der Waals surface area contributed by atoms with Crippen molar-refractivity contribution >= 4 is 30.2 Å². The highest BCUT2D eigenvalue weighted by Crippen LogP contribution is 2.37. The Kier molecular flexibility index (Phi) is 4.18. The molecule has 0 spiro atoms. The van der Waals surface area contributed by atoms with E-state index in [1.807, 2.05) is 36.0 Å². The quantitative estimate of drug-likeness (QED) is 0.554. The molecule has 0 heterocycles. The first kappa shape index (κ1) is 13.8. The van der Waals surface area contributed by atoms with Gasteiger partial charge in [-0.3, -0.25) is 4.79 Å². The lowest BCUT2D eigenvalue weighted by molar-refractivity contribution is 0.104. The van der Waals surface area contributed by atoms with E-state index < -0.39 is 0 Å². The predicted molar refractivity (Wildman–Crippen MR) is 89.9 cm³/mol. The van der Waals surface area contributed by atoms with Crippen LogP contribution >= 0.6 is 24.4 Å². The number of thiol groups is 1. The van der Waals surface area contributed by atoms with Crippen molar-refractivity contribution in [3.63, 3.8) is 0 Å². The van der Waals surface area contributed by atoms with Crippen LogP contribution in [0, 0.1) is 0 Å². The van der Waals surface area contributed by atoms with Gasteiger partial charge in [0.1, 0.15) is 0 Å². The normalized spacial score (nSPS) is 12.3. The molecule has 1 aliphatic rings. The molecular formula is C17H16OS2. The van der Waals surface area contributed by atoms with Crippen molar-refractivity contribution in [3.05, 3.63) is 59.2 Å². The summed E-state index contributed by atoms with van der Waals surface area (Å²) in [6, 6.07) is 14.2. The van der Waals surface area contributed by atoms with Gasteiger partial charge in [0.15, 0.2) is 5.78 Å². The molecule has 0 radical (unpaired) electrons. The van der Waals surface area contributed by atoms with Gasteiger partial charge in [-0.25, -0.2) is 0 Å². The second kappa shape index (κ2) is 6.06. The maximum absolute atomic E-state index is 12.4. The highest BCUT2D eigenvalue weighted by atomic mass is 32.2. The third-order valence-electron chi connectivity index (χ3n) is 3.51. The van der Waals surface area contributed by atoms with Crippen LogP contribution in [0.2, 0.25) is 0 Å². The Hall–Kier alpha value is -1.19. The Morgan fingerprint density at radius 2 is 1.70 bits per heavy atom. The lowest BCUT2D eigenvalue weighted by atomic mass is 10.0. The van der Waals surface area contributed by atoms with E-state index in [0.717, 1.165) is 45.9 Å². The number of hydrogen-bond donors (Lipinski definition) is 1. The topological polar surface area (TPSA) is 17.1 Å². The van der Waals surface area contributed by atoms with Crippen LogP contribution in [-0.2, 0) is 5.75 Å². The van der Waals surface area contributed by atoms with Crippen LogP contribution in [0.5, 0.6) is 0 Å². The predicted octanol–water partition coefficient (Wildman–Crippen LogP) is 4.45. The third-order valence-corrected chi connectivity index (χ3v) is 4.94. The Morgan fingerprint density at radius 3 is 2.50 bits per heavy atom. The zero-order valence-electron chi connectivity index (χ0n) is 11.1. The Bertz CT molecular complexity index is 649. The van der Waals surface area contributed by atoms with Crippen molar-refractivity contribution < 1.29 is 4.79 Å². The smallest absolute Gasteiger partial charge is 0.194 e. The summed E-state index contributed by atoms with van der Waals surface area (Å²) < 4.78 is 0. The first-order valence-electron chi connectivity index (χ1n) is 6.77. The second-order valence-electron chi connectivity index (χ2n) is 4.88. The molecule has 1 aliphatic carbocycles. The third kappa shape index (κ3) is 2.52. The Morgan fingerprint density at radius 1 is 0.950 bits per heavy atom. The summed E-state index contributed by atoms with van der Waals surface area (Å²) in [4.78, 5) is 12.4. The fraction of sp³-hybridized carbons (Fsp3) is 0.235. The van der Waals surface area contributed by atoms with E-state index in [9.17, 15) is 4.79 Å². The van der Waals surface area contributed by atoms with E-state index in [1.165, 1.54) is 5.56 Å². The molecule has 20 heavy (non-hydrogen) atoms. The summed E-state index contributed by atoms with van der Waals surface area (Å²) in [6.07, 6.45) is 1.13. The van der Waals surface area contributed by atoms with Gasteiger partial charge in [-0.05, 0) is 40.7 Å². The minimum atomic E-state index is 0.165. The zero-order chi connectivity index (χ0) is 13.9. The van der Waals surface area contributed by atoms with Gasteiger partial charge in [0.2, 0.25) is 0 Å². The molecule has 1 nitrogen and oxygen atoms in total. The first-order valence-corrected chi connectivity index (χ1v) is 8.55. The molecule has 0 saturated carbocycles. The number of hydrogen-bond acceptors (Lipinski definition) is 3. The van der Waals surface area contributed by atoms with E-state index in [1.54, 1.807) is 0 Å². The minimum Gasteiger partial charge on any atom is -0.289 e. The highest BCUT2D eigenvalue weighted by molar-refractivity contribution is 7.98. The summed E-state index contributed by atoms with van der Waals surface area (Å²) >= 11 is 6.12. The van der Waals surface area contributed by atoms with Gasteiger partial charge in [0.05, 0.1) is 0 Å². The van der Waals surface area contributed by atoms with E-state index in [0.29, 0.717) is 0 Å². The van der Waals surface area contributed by atoms with Crippen molar-refractivity contribution in [1.29, 1.82) is 0 Å². The van der Waals surface area contributed by atoms with Crippen LogP contribution in [0.3, 0.4) is 0 Å². The molecule has 0 amide bonds. The van der Waals surface area contributed by atoms with Crippen LogP contribution in [0.1, 0.15) is 27.9 Å². The molecule has 2 aromatic rings. The van der Waals surface area contributed by atoms with Crippen LogP contribution in [-0.4, -0.2) is 17.3 Å². The number of ketones is 1. The summed E-state index contributed by atoms with van der Waals surface area (Å²) in [5.41, 5.74) is 5.08. The van der Waals surface area contributed by atoms with E-state index >= 15 is 0 Å². The lowest BCUT2D eigenvalue weighted by Gasteiger charge is -2.04. The minimum absolute atomic E-state index is 0.165. The number of carbonyl (C=O) groups excluding carboxylic acids is 1. The molecule has 2 aromatic carbocycles. The van der Waals surface area contributed by atoms with E-state index in [-0.39, 0.29) is 5.78 Å². The summed E-state index contributed by atoms with van der Waals surface area (Å²) in [5.74, 6) is 3.18. The van der Waals surface area contributed by atoms with Crippen molar-refractivity contribution in [2.24, 2.45) is 0 Å². The standard InChI is InChI=1S/C17H16OS2/c18-17-15-5-2-1-4-13(15)14-7-6-12(10-16(14)17)11-20-9-3-8-19/h1-2,4-7,10,19H,3,8-9,11H2. The average Bonchev–Trinajstić information content (AvgIpc) is 2.77. The molecule has 0 N–H and O–H groups in total. The van der Waals surface area contributed by atoms with Crippen molar-refractivity contribution in [2.45, 2.75) is 12.2 Å². The SMILES string of the molecule is O=C1c2ccccc2-c2ccc(CSCCCS)cc21. The van der Waals surface area contributed by atoms with E-state index in [4.69, 9.17) is 0 Å². The lowest BCUT2D eigenvalue weighted by Crippen LogP contribution is -1.96. The van der Waals surface area contributed by atoms with Crippen molar-refractivity contribution in [2.75, 3.05) is 11.5 Å².